The van der Waals surface area contributed by atoms with Crippen molar-refractivity contribution in [1.82, 2.24) is 20.6 Å². The highest BCUT2D eigenvalue weighted by molar-refractivity contribution is 5.84. The van der Waals surface area contributed by atoms with Crippen LogP contribution in [-0.2, 0) is 4.79 Å². The number of rotatable bonds is 8. The number of methoxy groups -OCH3 is 1. The molecule has 0 aliphatic carbocycles. The molecule has 0 radical (unpaired) electrons. The van der Waals surface area contributed by atoms with E-state index in [0.717, 1.165) is 0 Å². The molecular formula is C15H18N6O5. The summed E-state index contributed by atoms with van der Waals surface area (Å²) in [6.07, 6.45) is 1.44. The van der Waals surface area contributed by atoms with Crippen LogP contribution in [0.1, 0.15) is 12.5 Å². The van der Waals surface area contributed by atoms with E-state index in [0.29, 0.717) is 23.7 Å². The minimum Gasteiger partial charge on any atom is -0.493 e. The number of H-pyrrole nitrogens is 2. The van der Waals surface area contributed by atoms with E-state index in [4.69, 9.17) is 9.47 Å². The Morgan fingerprint density at radius 2 is 2.15 bits per heavy atom. The molecule has 0 aliphatic rings. The second kappa shape index (κ2) is 9.01. The van der Waals surface area contributed by atoms with Crippen molar-refractivity contribution < 1.29 is 14.3 Å². The topological polar surface area (TPSA) is 151 Å². The van der Waals surface area contributed by atoms with Crippen LogP contribution in [0.4, 0.5) is 5.82 Å². The molecule has 11 heteroatoms. The number of aromatic nitrogens is 3. The number of ether oxygens (including phenoxy) is 2. The van der Waals surface area contributed by atoms with Crippen LogP contribution in [0.15, 0.2) is 32.9 Å². The number of anilines is 1. The van der Waals surface area contributed by atoms with E-state index in [1.807, 2.05) is 17.0 Å². The smallest absolute Gasteiger partial charge is 0.342 e. The van der Waals surface area contributed by atoms with Gasteiger partial charge in [0.25, 0.3) is 11.5 Å². The zero-order valence-electron chi connectivity index (χ0n) is 14.2. The van der Waals surface area contributed by atoms with Gasteiger partial charge in [0.2, 0.25) is 5.82 Å². The molecule has 0 bridgehead atoms. The Hall–Kier alpha value is -3.63. The number of carbonyl (C=O) groups is 1. The summed E-state index contributed by atoms with van der Waals surface area (Å²) in [7, 11) is 1.54. The van der Waals surface area contributed by atoms with Gasteiger partial charge in [-0.15, -0.1) is 5.10 Å². The zero-order chi connectivity index (χ0) is 18.9. The quantitative estimate of drug-likeness (QED) is 0.362. The Bertz CT molecular complexity index is 904. The number of amides is 1. The van der Waals surface area contributed by atoms with Gasteiger partial charge in [-0.3, -0.25) is 14.6 Å². The summed E-state index contributed by atoms with van der Waals surface area (Å²) in [5.74, 6) is 0.471. The van der Waals surface area contributed by atoms with Crippen molar-refractivity contribution >= 4 is 17.9 Å². The summed E-state index contributed by atoms with van der Waals surface area (Å²) < 4.78 is 10.6. The Kier molecular flexibility index (Phi) is 6.48. The average Bonchev–Trinajstić information content (AvgIpc) is 2.61. The predicted octanol–water partition coefficient (Wildman–Crippen LogP) is -0.572. The molecule has 2 rings (SSSR count). The molecule has 0 fully saturated rings. The van der Waals surface area contributed by atoms with E-state index in [-0.39, 0.29) is 12.4 Å². The van der Waals surface area contributed by atoms with Gasteiger partial charge in [0, 0.05) is 0 Å². The summed E-state index contributed by atoms with van der Waals surface area (Å²) in [4.78, 5) is 35.9. The fraction of sp³-hybridized carbons (Fsp3) is 0.267. The summed E-state index contributed by atoms with van der Waals surface area (Å²) in [6, 6.07) is 5.20. The maximum atomic E-state index is 11.7. The molecule has 0 atom stereocenters. The third-order valence-electron chi connectivity index (χ3n) is 3.02. The van der Waals surface area contributed by atoms with Gasteiger partial charge in [-0.1, -0.05) is 0 Å². The lowest BCUT2D eigenvalue weighted by molar-refractivity contribution is -0.119. The normalized spacial score (nSPS) is 10.5. The number of hydrazone groups is 1. The lowest BCUT2D eigenvalue weighted by Gasteiger charge is -2.09. The van der Waals surface area contributed by atoms with E-state index in [1.54, 1.807) is 25.3 Å². The van der Waals surface area contributed by atoms with E-state index in [1.165, 1.54) is 6.21 Å². The molecule has 1 aromatic heterocycles. The Balaban J connectivity index is 1.91. The first-order chi connectivity index (χ1) is 12.5. The Labute approximate surface area is 147 Å². The van der Waals surface area contributed by atoms with Crippen LogP contribution in [0.2, 0.25) is 0 Å². The molecule has 1 heterocycles. The Morgan fingerprint density at radius 3 is 2.85 bits per heavy atom. The van der Waals surface area contributed by atoms with Gasteiger partial charge in [0.15, 0.2) is 11.5 Å². The first-order valence-electron chi connectivity index (χ1n) is 7.59. The monoisotopic (exact) mass is 362 g/mol. The first-order valence-corrected chi connectivity index (χ1v) is 7.59. The van der Waals surface area contributed by atoms with Gasteiger partial charge < -0.3 is 14.8 Å². The zero-order valence-corrected chi connectivity index (χ0v) is 14.2. The fourth-order valence-electron chi connectivity index (χ4n) is 1.89. The standard InChI is InChI=1S/C15H18N6O5/c1-3-26-11-6-9(4-5-10(11)25-2)7-17-19-12(22)8-16-13-14(23)18-15(24)21-20-13/h4-7H,3,8H2,1-2H3,(H,16,20)(H,19,22)(H2,18,21,23,24)/b17-7+. The second-order valence-electron chi connectivity index (χ2n) is 4.85. The maximum absolute atomic E-state index is 11.7. The molecule has 0 saturated heterocycles. The van der Waals surface area contributed by atoms with Gasteiger partial charge >= 0.3 is 5.69 Å². The highest BCUT2D eigenvalue weighted by atomic mass is 16.5. The second-order valence-corrected chi connectivity index (χ2v) is 4.85. The molecule has 0 unspecified atom stereocenters. The van der Waals surface area contributed by atoms with Crippen molar-refractivity contribution in [2.24, 2.45) is 5.10 Å². The summed E-state index contributed by atoms with van der Waals surface area (Å²) in [5, 5.41) is 11.8. The van der Waals surface area contributed by atoms with Crippen LogP contribution in [0.5, 0.6) is 11.5 Å². The number of hydrogen-bond donors (Lipinski definition) is 4. The van der Waals surface area contributed by atoms with E-state index >= 15 is 0 Å². The molecular weight excluding hydrogens is 344 g/mol. The average molecular weight is 362 g/mol. The van der Waals surface area contributed by atoms with Crippen molar-refractivity contribution in [2.45, 2.75) is 6.92 Å². The van der Waals surface area contributed by atoms with Crippen LogP contribution in [0.25, 0.3) is 0 Å². The SMILES string of the molecule is CCOc1cc(/C=N/NC(=O)CNc2n[nH]c(=O)[nH]c2=O)ccc1OC. The molecule has 4 N–H and O–H groups in total. The van der Waals surface area contributed by atoms with Crippen LogP contribution in [0, 0.1) is 0 Å². The number of carbonyl (C=O) groups excluding carboxylic acids is 1. The lowest BCUT2D eigenvalue weighted by Crippen LogP contribution is -2.31. The van der Waals surface area contributed by atoms with Crippen molar-refractivity contribution in [2.75, 3.05) is 25.6 Å². The highest BCUT2D eigenvalue weighted by Gasteiger charge is 2.06. The van der Waals surface area contributed by atoms with Gasteiger partial charge in [-0.25, -0.2) is 15.3 Å². The highest BCUT2D eigenvalue weighted by Crippen LogP contribution is 2.27. The molecule has 26 heavy (non-hydrogen) atoms. The van der Waals surface area contributed by atoms with Gasteiger partial charge in [-0.05, 0) is 30.7 Å². The van der Waals surface area contributed by atoms with Gasteiger partial charge in [-0.2, -0.15) is 5.10 Å². The number of nitrogens with zero attached hydrogens (tertiary/aromatic N) is 2. The predicted molar refractivity (Wildman–Crippen MR) is 93.9 cm³/mol. The van der Waals surface area contributed by atoms with Gasteiger partial charge in [0.05, 0.1) is 26.5 Å². The molecule has 2 aromatic rings. The van der Waals surface area contributed by atoms with Crippen molar-refractivity contribution in [3.63, 3.8) is 0 Å². The van der Waals surface area contributed by atoms with Crippen molar-refractivity contribution in [3.05, 3.63) is 44.6 Å². The number of aromatic amines is 2. The van der Waals surface area contributed by atoms with Crippen LogP contribution >= 0.6 is 0 Å². The first kappa shape index (κ1) is 18.7. The maximum Gasteiger partial charge on any atom is 0.342 e. The molecule has 0 saturated carbocycles. The third kappa shape index (κ3) is 5.19. The van der Waals surface area contributed by atoms with Crippen molar-refractivity contribution in [1.29, 1.82) is 0 Å². The summed E-state index contributed by atoms with van der Waals surface area (Å²) >= 11 is 0. The van der Waals surface area contributed by atoms with Crippen molar-refractivity contribution in [3.8, 4) is 11.5 Å². The lowest BCUT2D eigenvalue weighted by atomic mass is 10.2. The number of hydrogen-bond acceptors (Lipinski definition) is 8. The molecule has 1 amide bonds. The molecule has 1 aromatic carbocycles. The van der Waals surface area contributed by atoms with Gasteiger partial charge in [0.1, 0.15) is 0 Å². The summed E-state index contributed by atoms with van der Waals surface area (Å²) in [5.41, 5.74) is 1.53. The van der Waals surface area contributed by atoms with Crippen LogP contribution in [0.3, 0.4) is 0 Å². The van der Waals surface area contributed by atoms with E-state index in [9.17, 15) is 14.4 Å². The molecule has 0 aliphatic heterocycles. The Morgan fingerprint density at radius 1 is 1.35 bits per heavy atom. The van der Waals surface area contributed by atoms with Crippen LogP contribution < -0.4 is 31.5 Å². The molecule has 0 spiro atoms. The fourth-order valence-corrected chi connectivity index (χ4v) is 1.89. The van der Waals surface area contributed by atoms with Crippen LogP contribution in [-0.4, -0.2) is 47.6 Å². The van der Waals surface area contributed by atoms with E-state index in [2.05, 4.69) is 20.9 Å². The summed E-state index contributed by atoms with van der Waals surface area (Å²) in [6.45, 7) is 2.08. The molecule has 11 nitrogen and oxygen atoms in total. The largest absolute Gasteiger partial charge is 0.493 e. The minimum absolute atomic E-state index is 0.180. The van der Waals surface area contributed by atoms with E-state index < -0.39 is 17.2 Å². The number of benzene rings is 1. The number of nitrogens with one attached hydrogen (secondary N) is 4. The molecule has 138 valence electrons. The third-order valence-corrected chi connectivity index (χ3v) is 3.02. The minimum atomic E-state index is -0.736.